The predicted octanol–water partition coefficient (Wildman–Crippen LogP) is 4.00. The first-order chi connectivity index (χ1) is 17.1. The smallest absolute Gasteiger partial charge is 0.249 e. The quantitative estimate of drug-likeness (QED) is 0.232. The van der Waals surface area contributed by atoms with Gasteiger partial charge in [-0.25, -0.2) is 10.9 Å². The Hall–Kier alpha value is -4.72. The van der Waals surface area contributed by atoms with Crippen LogP contribution in [-0.4, -0.2) is 38.5 Å². The van der Waals surface area contributed by atoms with Gasteiger partial charge >= 0.3 is 0 Å². The summed E-state index contributed by atoms with van der Waals surface area (Å²) in [5.41, 5.74) is 6.36. The summed E-state index contributed by atoms with van der Waals surface area (Å²) in [7, 11) is 3.23. The Labute approximate surface area is 202 Å². The lowest BCUT2D eigenvalue weighted by Gasteiger charge is -2.07. The summed E-state index contributed by atoms with van der Waals surface area (Å²) in [5.74, 6) is 0.395. The number of rotatable bonds is 8. The average Bonchev–Trinajstić information content (AvgIpc) is 2.88. The van der Waals surface area contributed by atoms with Gasteiger partial charge < -0.3 is 9.47 Å². The van der Waals surface area contributed by atoms with Gasteiger partial charge in [-0.1, -0.05) is 48.5 Å². The summed E-state index contributed by atoms with van der Waals surface area (Å²) in [4.78, 5) is 24.2. The molecular weight excluding hydrogens is 444 g/mol. The highest BCUT2D eigenvalue weighted by Crippen LogP contribution is 2.28. The fourth-order valence-corrected chi connectivity index (χ4v) is 3.74. The van der Waals surface area contributed by atoms with Crippen LogP contribution >= 0.6 is 0 Å². The van der Waals surface area contributed by atoms with E-state index < -0.39 is 18.2 Å². The van der Waals surface area contributed by atoms with Crippen molar-refractivity contribution in [1.29, 1.82) is 0 Å². The molecule has 0 aliphatic carbocycles. The first-order valence-corrected chi connectivity index (χ1v) is 10.9. The molecule has 0 radical (unpaired) electrons. The standard InChI is InChI=1S/C27H24N4O4/c1-34-24-13-11-18(20-7-3-5-9-22(20)24)16-28-30-26(32)15-27(33)31-29-17-19-12-14-25(35-2)23-10-6-4-8-21(19)23/h3-14,16-17H,15H2,1-2H3,(H,30,32)(H,31,33). The van der Waals surface area contributed by atoms with E-state index in [0.717, 1.165) is 44.2 Å². The predicted molar refractivity (Wildman–Crippen MR) is 137 cm³/mol. The highest BCUT2D eigenvalue weighted by Gasteiger charge is 2.09. The molecule has 8 nitrogen and oxygen atoms in total. The van der Waals surface area contributed by atoms with E-state index in [0.29, 0.717) is 0 Å². The lowest BCUT2D eigenvalue weighted by atomic mass is 10.0. The SMILES string of the molecule is COc1ccc(C=NNC(=O)CC(=O)NN=Cc2ccc(OC)c3ccccc23)c2ccccc12. The molecule has 0 heterocycles. The zero-order chi connectivity index (χ0) is 24.6. The monoisotopic (exact) mass is 468 g/mol. The molecule has 4 aromatic carbocycles. The van der Waals surface area contributed by atoms with Gasteiger partial charge in [0.1, 0.15) is 17.9 Å². The van der Waals surface area contributed by atoms with Gasteiger partial charge in [0.15, 0.2) is 0 Å². The largest absolute Gasteiger partial charge is 0.496 e. The zero-order valence-corrected chi connectivity index (χ0v) is 19.3. The number of benzene rings is 4. The number of carbonyl (C=O) groups is 2. The first kappa shape index (κ1) is 23.4. The van der Waals surface area contributed by atoms with Gasteiger partial charge in [-0.05, 0) is 35.0 Å². The van der Waals surface area contributed by atoms with Crippen molar-refractivity contribution in [3.8, 4) is 11.5 Å². The second kappa shape index (κ2) is 10.9. The van der Waals surface area contributed by atoms with E-state index in [1.54, 1.807) is 14.2 Å². The van der Waals surface area contributed by atoms with E-state index in [-0.39, 0.29) is 0 Å². The number of carbonyl (C=O) groups excluding carboxylic acids is 2. The highest BCUT2D eigenvalue weighted by atomic mass is 16.5. The second-order valence-corrected chi connectivity index (χ2v) is 7.57. The van der Waals surface area contributed by atoms with E-state index >= 15 is 0 Å². The summed E-state index contributed by atoms with van der Waals surface area (Å²) in [6, 6.07) is 22.8. The minimum Gasteiger partial charge on any atom is -0.496 e. The number of methoxy groups -OCH3 is 2. The molecule has 0 aromatic heterocycles. The number of nitrogens with zero attached hydrogens (tertiary/aromatic N) is 2. The number of nitrogens with one attached hydrogen (secondary N) is 2. The lowest BCUT2D eigenvalue weighted by Crippen LogP contribution is -2.27. The molecule has 176 valence electrons. The molecule has 4 rings (SSSR count). The fraction of sp³-hybridized carbons (Fsp3) is 0.111. The molecule has 0 atom stereocenters. The van der Waals surface area contributed by atoms with Crippen molar-refractivity contribution in [3.63, 3.8) is 0 Å². The van der Waals surface area contributed by atoms with Gasteiger partial charge in [-0.3, -0.25) is 9.59 Å². The molecule has 0 fully saturated rings. The summed E-state index contributed by atoms with van der Waals surface area (Å²) >= 11 is 0. The summed E-state index contributed by atoms with van der Waals surface area (Å²) in [6.45, 7) is 0. The molecule has 0 aliphatic rings. The van der Waals surface area contributed by atoms with Crippen molar-refractivity contribution < 1.29 is 19.1 Å². The number of hydrogen-bond donors (Lipinski definition) is 2. The van der Waals surface area contributed by atoms with E-state index in [1.165, 1.54) is 12.4 Å². The topological polar surface area (TPSA) is 101 Å². The van der Waals surface area contributed by atoms with E-state index in [9.17, 15) is 9.59 Å². The molecule has 35 heavy (non-hydrogen) atoms. The van der Waals surface area contributed by atoms with Crippen LogP contribution in [0, 0.1) is 0 Å². The first-order valence-electron chi connectivity index (χ1n) is 10.9. The zero-order valence-electron chi connectivity index (χ0n) is 19.3. The van der Waals surface area contributed by atoms with Gasteiger partial charge in [0, 0.05) is 21.9 Å². The van der Waals surface area contributed by atoms with Crippen molar-refractivity contribution in [2.75, 3.05) is 14.2 Å². The molecule has 0 saturated carbocycles. The number of amides is 2. The van der Waals surface area contributed by atoms with Crippen molar-refractivity contribution in [3.05, 3.63) is 83.9 Å². The third kappa shape index (κ3) is 5.44. The number of hydrazone groups is 2. The van der Waals surface area contributed by atoms with E-state index in [1.807, 2.05) is 72.8 Å². The molecule has 2 amide bonds. The minimum atomic E-state index is -0.554. The minimum absolute atomic E-state index is 0.415. The third-order valence-electron chi connectivity index (χ3n) is 5.38. The second-order valence-electron chi connectivity index (χ2n) is 7.57. The maximum Gasteiger partial charge on any atom is 0.249 e. The van der Waals surface area contributed by atoms with Crippen LogP contribution in [0.4, 0.5) is 0 Å². The normalized spacial score (nSPS) is 11.3. The molecule has 0 bridgehead atoms. The summed E-state index contributed by atoms with van der Waals surface area (Å²) < 4.78 is 10.8. The van der Waals surface area contributed by atoms with Crippen LogP contribution in [0.5, 0.6) is 11.5 Å². The van der Waals surface area contributed by atoms with Crippen LogP contribution in [0.3, 0.4) is 0 Å². The van der Waals surface area contributed by atoms with Crippen LogP contribution in [0.2, 0.25) is 0 Å². The Morgan fingerprint density at radius 1 is 0.657 bits per heavy atom. The van der Waals surface area contributed by atoms with Gasteiger partial charge in [-0.15, -0.1) is 0 Å². The Bertz CT molecular complexity index is 1340. The van der Waals surface area contributed by atoms with Crippen LogP contribution < -0.4 is 20.3 Å². The number of fused-ring (bicyclic) bond motifs is 2. The van der Waals surface area contributed by atoms with Crippen molar-refractivity contribution >= 4 is 45.8 Å². The van der Waals surface area contributed by atoms with Crippen LogP contribution in [0.25, 0.3) is 21.5 Å². The van der Waals surface area contributed by atoms with E-state index in [2.05, 4.69) is 21.1 Å². The molecule has 0 saturated heterocycles. The van der Waals surface area contributed by atoms with Crippen molar-refractivity contribution in [1.82, 2.24) is 10.9 Å². The van der Waals surface area contributed by atoms with Gasteiger partial charge in [0.25, 0.3) is 0 Å². The Balaban J connectivity index is 1.34. The van der Waals surface area contributed by atoms with Gasteiger partial charge in [-0.2, -0.15) is 10.2 Å². The van der Waals surface area contributed by atoms with Gasteiger partial charge in [0.05, 0.1) is 26.6 Å². The van der Waals surface area contributed by atoms with Crippen LogP contribution in [-0.2, 0) is 9.59 Å². The molecular formula is C27H24N4O4. The summed E-state index contributed by atoms with van der Waals surface area (Å²) in [5, 5.41) is 11.7. The lowest BCUT2D eigenvalue weighted by molar-refractivity contribution is -0.129. The van der Waals surface area contributed by atoms with Crippen LogP contribution in [0.1, 0.15) is 17.5 Å². The third-order valence-corrected chi connectivity index (χ3v) is 5.38. The van der Waals surface area contributed by atoms with Gasteiger partial charge in [0.2, 0.25) is 11.8 Å². The molecule has 4 aromatic rings. The number of ether oxygens (including phenoxy) is 2. The van der Waals surface area contributed by atoms with Crippen molar-refractivity contribution in [2.45, 2.75) is 6.42 Å². The Morgan fingerprint density at radius 2 is 1.06 bits per heavy atom. The summed E-state index contributed by atoms with van der Waals surface area (Å²) in [6.07, 6.45) is 2.65. The average molecular weight is 469 g/mol. The maximum atomic E-state index is 12.1. The van der Waals surface area contributed by atoms with Crippen molar-refractivity contribution in [2.24, 2.45) is 10.2 Å². The Morgan fingerprint density at radius 3 is 1.46 bits per heavy atom. The Kier molecular flexibility index (Phi) is 7.32. The number of hydrogen-bond acceptors (Lipinski definition) is 6. The molecule has 0 spiro atoms. The molecule has 0 aliphatic heterocycles. The maximum absolute atomic E-state index is 12.1. The molecule has 2 N–H and O–H groups in total. The molecule has 0 unspecified atom stereocenters. The highest BCUT2D eigenvalue weighted by molar-refractivity contribution is 6.04. The van der Waals surface area contributed by atoms with E-state index in [4.69, 9.17) is 9.47 Å². The fourth-order valence-electron chi connectivity index (χ4n) is 3.74. The molecule has 8 heteroatoms. The van der Waals surface area contributed by atoms with Crippen LogP contribution in [0.15, 0.2) is 83.0 Å².